The molecule has 1 aliphatic rings. The molecule has 0 atom stereocenters. The van der Waals surface area contributed by atoms with E-state index in [0.717, 1.165) is 25.9 Å². The third-order valence-electron chi connectivity index (χ3n) is 5.34. The van der Waals surface area contributed by atoms with Crippen LogP contribution in [0.2, 0.25) is 0 Å². The van der Waals surface area contributed by atoms with Crippen LogP contribution in [0.1, 0.15) is 26.2 Å². The first-order chi connectivity index (χ1) is 15.3. The molecule has 32 heavy (non-hydrogen) atoms. The van der Waals surface area contributed by atoms with Crippen molar-refractivity contribution in [2.45, 2.75) is 37.6 Å². The maximum Gasteiger partial charge on any atom is 0.306 e. The van der Waals surface area contributed by atoms with E-state index in [2.05, 4.69) is 26.7 Å². The first-order valence-corrected chi connectivity index (χ1v) is 11.8. The molecule has 2 N–H and O–H groups in total. The van der Waals surface area contributed by atoms with Gasteiger partial charge in [-0.1, -0.05) is 5.92 Å². The van der Waals surface area contributed by atoms with E-state index in [-0.39, 0.29) is 22.1 Å². The molecule has 3 aromatic rings. The smallest absolute Gasteiger partial charge is 0.306 e. The van der Waals surface area contributed by atoms with E-state index >= 15 is 0 Å². The summed E-state index contributed by atoms with van der Waals surface area (Å²) in [7, 11) is -2.25. The number of hydrogen-bond acceptors (Lipinski definition) is 7. The van der Waals surface area contributed by atoms with Crippen molar-refractivity contribution in [3.63, 3.8) is 0 Å². The molecule has 4 rings (SSSR count). The lowest BCUT2D eigenvalue weighted by Crippen LogP contribution is -2.32. The topological polar surface area (TPSA) is 125 Å². The zero-order valence-electron chi connectivity index (χ0n) is 17.9. The lowest BCUT2D eigenvalue weighted by Gasteiger charge is -2.27. The number of ether oxygens (including phenoxy) is 1. The van der Waals surface area contributed by atoms with Crippen molar-refractivity contribution in [3.05, 3.63) is 34.6 Å². The maximum absolute atomic E-state index is 13.2. The van der Waals surface area contributed by atoms with Gasteiger partial charge in [0, 0.05) is 20.1 Å². The Bertz CT molecular complexity index is 1370. The summed E-state index contributed by atoms with van der Waals surface area (Å²) in [5, 5.41) is 5.13. The highest BCUT2D eigenvalue weighted by Crippen LogP contribution is 2.26. The molecule has 1 fully saturated rings. The molecule has 3 heterocycles. The van der Waals surface area contributed by atoms with Gasteiger partial charge >= 0.3 is 6.01 Å². The number of sulfonamides is 1. The quantitative estimate of drug-likeness (QED) is 0.578. The molecule has 0 spiro atoms. The number of aromatic nitrogens is 4. The summed E-state index contributed by atoms with van der Waals surface area (Å²) >= 11 is 0. The third kappa shape index (κ3) is 4.19. The Morgan fingerprint density at radius 1 is 1.12 bits per heavy atom. The normalized spacial score (nSPS) is 14.3. The lowest BCUT2D eigenvalue weighted by atomic mass is 10.1. The molecule has 0 aliphatic carbocycles. The number of nitrogens with two attached hydrogens (primary N) is 1. The molecule has 1 aliphatic heterocycles. The number of primary sulfonamides is 1. The third-order valence-corrected chi connectivity index (χ3v) is 6.27. The Morgan fingerprint density at radius 3 is 2.44 bits per heavy atom. The summed E-state index contributed by atoms with van der Waals surface area (Å²) in [6.07, 6.45) is 3.31. The van der Waals surface area contributed by atoms with Crippen LogP contribution in [-0.4, -0.2) is 40.6 Å². The standard InChI is InChI=1S/C21H24N6O4S/c1-3-4-14-27-17-18(23-20(27)26-12-6-5-7-13-26)24-21(25(2)19(17)28)31-15-8-10-16(11-9-15)32(22,29)30/h8-11H,5-7,12-14H2,1-2H3,(H2,22,29,30). The molecular formula is C21H24N6O4S. The van der Waals surface area contributed by atoms with Crippen LogP contribution in [0.15, 0.2) is 34.0 Å². The number of nitrogens with zero attached hydrogens (tertiary/aromatic N) is 5. The van der Waals surface area contributed by atoms with Gasteiger partial charge in [0.05, 0.1) is 11.4 Å². The van der Waals surface area contributed by atoms with Crippen molar-refractivity contribution >= 4 is 27.1 Å². The molecule has 0 bridgehead atoms. The number of piperidine rings is 1. The van der Waals surface area contributed by atoms with Gasteiger partial charge in [-0.15, -0.1) is 5.92 Å². The Labute approximate surface area is 185 Å². The number of hydrogen-bond donors (Lipinski definition) is 1. The van der Waals surface area contributed by atoms with Crippen LogP contribution in [0.5, 0.6) is 11.8 Å². The van der Waals surface area contributed by atoms with E-state index < -0.39 is 10.0 Å². The van der Waals surface area contributed by atoms with Crippen LogP contribution in [0.3, 0.4) is 0 Å². The van der Waals surface area contributed by atoms with Gasteiger partial charge in [-0.05, 0) is 50.5 Å². The van der Waals surface area contributed by atoms with E-state index in [4.69, 9.17) is 9.88 Å². The van der Waals surface area contributed by atoms with Gasteiger partial charge in [0.25, 0.3) is 5.56 Å². The van der Waals surface area contributed by atoms with Crippen molar-refractivity contribution < 1.29 is 13.2 Å². The molecule has 0 radical (unpaired) electrons. The van der Waals surface area contributed by atoms with Crippen molar-refractivity contribution in [1.82, 2.24) is 19.1 Å². The molecule has 2 aromatic heterocycles. The zero-order valence-corrected chi connectivity index (χ0v) is 18.7. The minimum Gasteiger partial charge on any atom is -0.425 e. The average Bonchev–Trinajstić information content (AvgIpc) is 3.14. The Kier molecular flexibility index (Phi) is 5.90. The van der Waals surface area contributed by atoms with Crippen molar-refractivity contribution in [3.8, 4) is 23.6 Å². The second-order valence-corrected chi connectivity index (χ2v) is 9.08. The summed E-state index contributed by atoms with van der Waals surface area (Å²) in [4.78, 5) is 24.5. The lowest BCUT2D eigenvalue weighted by molar-refractivity contribution is 0.415. The number of fused-ring (bicyclic) bond motifs is 1. The molecule has 10 nitrogen and oxygen atoms in total. The number of anilines is 1. The average molecular weight is 457 g/mol. The summed E-state index contributed by atoms with van der Waals surface area (Å²) in [6, 6.07) is 5.60. The molecule has 0 amide bonds. The fourth-order valence-electron chi connectivity index (χ4n) is 3.67. The fraction of sp³-hybridized carbons (Fsp3) is 0.381. The predicted molar refractivity (Wildman–Crippen MR) is 120 cm³/mol. The highest BCUT2D eigenvalue weighted by atomic mass is 32.2. The van der Waals surface area contributed by atoms with Crippen molar-refractivity contribution in [1.29, 1.82) is 0 Å². The maximum atomic E-state index is 13.2. The van der Waals surface area contributed by atoms with Gasteiger partial charge in [-0.3, -0.25) is 13.9 Å². The van der Waals surface area contributed by atoms with E-state index in [1.54, 1.807) is 14.0 Å². The molecule has 0 saturated carbocycles. The molecule has 1 aromatic carbocycles. The highest BCUT2D eigenvalue weighted by Gasteiger charge is 2.23. The Hall–Kier alpha value is -3.36. The predicted octanol–water partition coefficient (Wildman–Crippen LogP) is 1.58. The van der Waals surface area contributed by atoms with Crippen LogP contribution >= 0.6 is 0 Å². The second-order valence-electron chi connectivity index (χ2n) is 7.52. The summed E-state index contributed by atoms with van der Waals surface area (Å²) in [6.45, 7) is 3.82. The summed E-state index contributed by atoms with van der Waals surface area (Å²) < 4.78 is 31.8. The zero-order chi connectivity index (χ0) is 22.9. The van der Waals surface area contributed by atoms with E-state index in [9.17, 15) is 13.2 Å². The SMILES string of the molecule is CC#CCn1c(N2CCCCC2)nc2nc(Oc3ccc(S(N)(=O)=O)cc3)n(C)c(=O)c21. The molecule has 11 heteroatoms. The Balaban J connectivity index is 1.77. The van der Waals surface area contributed by atoms with E-state index in [1.807, 2.05) is 4.57 Å². The van der Waals surface area contributed by atoms with Crippen LogP contribution in [0.4, 0.5) is 5.95 Å². The molecule has 168 valence electrons. The van der Waals surface area contributed by atoms with Gasteiger partial charge < -0.3 is 9.64 Å². The van der Waals surface area contributed by atoms with Crippen molar-refractivity contribution in [2.75, 3.05) is 18.0 Å². The largest absolute Gasteiger partial charge is 0.425 e. The minimum absolute atomic E-state index is 0.0379. The van der Waals surface area contributed by atoms with Gasteiger partial charge in [0.1, 0.15) is 5.75 Å². The van der Waals surface area contributed by atoms with Gasteiger partial charge in [-0.2, -0.15) is 9.97 Å². The summed E-state index contributed by atoms with van der Waals surface area (Å²) in [5.41, 5.74) is 0.343. The number of rotatable bonds is 5. The van der Waals surface area contributed by atoms with Gasteiger partial charge in [-0.25, -0.2) is 13.6 Å². The van der Waals surface area contributed by atoms with Crippen LogP contribution in [0, 0.1) is 11.8 Å². The summed E-state index contributed by atoms with van der Waals surface area (Å²) in [5.74, 6) is 6.89. The second kappa shape index (κ2) is 8.64. The monoisotopic (exact) mass is 456 g/mol. The van der Waals surface area contributed by atoms with Gasteiger partial charge in [0.15, 0.2) is 11.2 Å². The first-order valence-electron chi connectivity index (χ1n) is 10.2. The van der Waals surface area contributed by atoms with E-state index in [1.165, 1.54) is 35.3 Å². The molecule has 1 saturated heterocycles. The first kappa shape index (κ1) is 21.9. The van der Waals surface area contributed by atoms with Crippen LogP contribution < -0.4 is 20.3 Å². The van der Waals surface area contributed by atoms with Crippen molar-refractivity contribution in [2.24, 2.45) is 12.2 Å². The van der Waals surface area contributed by atoms with Crippen LogP contribution in [-0.2, 0) is 23.6 Å². The number of imidazole rings is 1. The number of benzene rings is 1. The van der Waals surface area contributed by atoms with Crippen LogP contribution in [0.25, 0.3) is 11.2 Å². The minimum atomic E-state index is -3.81. The fourth-order valence-corrected chi connectivity index (χ4v) is 4.18. The molecular weight excluding hydrogens is 432 g/mol. The molecule has 0 unspecified atom stereocenters. The van der Waals surface area contributed by atoms with E-state index in [0.29, 0.717) is 23.8 Å². The highest BCUT2D eigenvalue weighted by molar-refractivity contribution is 7.89. The van der Waals surface area contributed by atoms with Gasteiger partial charge in [0.2, 0.25) is 16.0 Å². The Morgan fingerprint density at radius 2 is 1.81 bits per heavy atom.